The number of aromatic nitrogens is 2. The van der Waals surface area contributed by atoms with Gasteiger partial charge in [-0.15, -0.1) is 0 Å². The van der Waals surface area contributed by atoms with E-state index in [0.29, 0.717) is 17.4 Å². The van der Waals surface area contributed by atoms with Crippen molar-refractivity contribution in [3.8, 4) is 0 Å². The van der Waals surface area contributed by atoms with Crippen molar-refractivity contribution in [3.63, 3.8) is 0 Å². The summed E-state index contributed by atoms with van der Waals surface area (Å²) >= 11 is 0. The molecule has 1 aromatic carbocycles. The SMILES string of the molecule is O=c1[nH]c2ccccc2c(=O)n1CCCN1CCCC1. The van der Waals surface area contributed by atoms with E-state index in [0.717, 1.165) is 26.1 Å². The van der Waals surface area contributed by atoms with Crippen LogP contribution in [0.1, 0.15) is 19.3 Å². The Morgan fingerprint density at radius 3 is 2.60 bits per heavy atom. The second-order valence-corrected chi connectivity index (χ2v) is 5.33. The van der Waals surface area contributed by atoms with Gasteiger partial charge in [0.05, 0.1) is 10.9 Å². The third kappa shape index (κ3) is 2.54. The molecule has 5 heteroatoms. The molecule has 5 nitrogen and oxygen atoms in total. The molecule has 1 N–H and O–H groups in total. The molecule has 1 aromatic heterocycles. The summed E-state index contributed by atoms with van der Waals surface area (Å²) in [4.78, 5) is 29.4. The maximum absolute atomic E-state index is 12.3. The monoisotopic (exact) mass is 273 g/mol. The molecule has 0 amide bonds. The van der Waals surface area contributed by atoms with Crippen molar-refractivity contribution in [1.29, 1.82) is 0 Å². The highest BCUT2D eigenvalue weighted by molar-refractivity contribution is 5.76. The van der Waals surface area contributed by atoms with Gasteiger partial charge in [-0.05, 0) is 51.0 Å². The van der Waals surface area contributed by atoms with E-state index >= 15 is 0 Å². The number of rotatable bonds is 4. The van der Waals surface area contributed by atoms with Crippen LogP contribution >= 0.6 is 0 Å². The summed E-state index contributed by atoms with van der Waals surface area (Å²) in [7, 11) is 0. The molecule has 1 aliphatic heterocycles. The quantitative estimate of drug-likeness (QED) is 0.910. The summed E-state index contributed by atoms with van der Waals surface area (Å²) in [5, 5.41) is 0.577. The van der Waals surface area contributed by atoms with Gasteiger partial charge in [0.15, 0.2) is 0 Å². The molecule has 1 aliphatic rings. The smallest absolute Gasteiger partial charge is 0.307 e. The summed E-state index contributed by atoms with van der Waals surface area (Å²) in [6, 6.07) is 7.14. The molecule has 0 spiro atoms. The van der Waals surface area contributed by atoms with E-state index in [4.69, 9.17) is 0 Å². The highest BCUT2D eigenvalue weighted by atomic mass is 16.2. The van der Waals surface area contributed by atoms with Crippen LogP contribution in [-0.4, -0.2) is 34.1 Å². The molecular weight excluding hydrogens is 254 g/mol. The number of nitrogens with one attached hydrogen (secondary N) is 1. The van der Waals surface area contributed by atoms with E-state index in [1.807, 2.05) is 12.1 Å². The third-order valence-electron chi connectivity index (χ3n) is 3.94. The Bertz CT molecular complexity index is 711. The highest BCUT2D eigenvalue weighted by Crippen LogP contribution is 2.07. The van der Waals surface area contributed by atoms with Gasteiger partial charge in [-0.2, -0.15) is 0 Å². The topological polar surface area (TPSA) is 58.1 Å². The van der Waals surface area contributed by atoms with E-state index in [9.17, 15) is 9.59 Å². The first-order valence-electron chi connectivity index (χ1n) is 7.20. The van der Waals surface area contributed by atoms with Crippen molar-refractivity contribution >= 4 is 10.9 Å². The lowest BCUT2D eigenvalue weighted by molar-refractivity contribution is 0.323. The lowest BCUT2D eigenvalue weighted by Gasteiger charge is -2.14. The number of benzene rings is 1. The number of para-hydroxylation sites is 1. The number of nitrogens with zero attached hydrogens (tertiary/aromatic N) is 2. The fourth-order valence-electron chi connectivity index (χ4n) is 2.86. The van der Waals surface area contributed by atoms with Crippen LogP contribution in [0.4, 0.5) is 0 Å². The standard InChI is InChI=1S/C15H19N3O2/c19-14-12-6-1-2-7-13(12)16-15(20)18(14)11-5-10-17-8-3-4-9-17/h1-2,6-7H,3-5,8-11H2,(H,16,20). The van der Waals surface area contributed by atoms with E-state index in [1.54, 1.807) is 12.1 Å². The van der Waals surface area contributed by atoms with Crippen molar-refractivity contribution in [2.24, 2.45) is 0 Å². The Kier molecular flexibility index (Phi) is 3.69. The molecule has 1 fully saturated rings. The van der Waals surface area contributed by atoms with E-state index in [2.05, 4.69) is 9.88 Å². The number of hydrogen-bond donors (Lipinski definition) is 1. The van der Waals surface area contributed by atoms with Gasteiger partial charge in [0.2, 0.25) is 0 Å². The maximum atomic E-state index is 12.3. The first-order chi connectivity index (χ1) is 9.75. The lowest BCUT2D eigenvalue weighted by Crippen LogP contribution is -2.36. The van der Waals surface area contributed by atoms with Crippen molar-refractivity contribution in [3.05, 3.63) is 45.1 Å². The molecule has 0 saturated carbocycles. The zero-order chi connectivity index (χ0) is 13.9. The Morgan fingerprint density at radius 2 is 1.80 bits per heavy atom. The van der Waals surface area contributed by atoms with Crippen molar-refractivity contribution in [2.45, 2.75) is 25.8 Å². The van der Waals surface area contributed by atoms with Crippen LogP contribution in [0.3, 0.4) is 0 Å². The predicted octanol–water partition coefficient (Wildman–Crippen LogP) is 1.18. The first kappa shape index (κ1) is 13.1. The Labute approximate surface area is 116 Å². The van der Waals surface area contributed by atoms with Crippen molar-refractivity contribution in [1.82, 2.24) is 14.5 Å². The summed E-state index contributed by atoms with van der Waals surface area (Å²) in [6.07, 6.45) is 3.36. The number of likely N-dealkylation sites (tertiary alicyclic amines) is 1. The van der Waals surface area contributed by atoms with Gasteiger partial charge in [-0.1, -0.05) is 12.1 Å². The Morgan fingerprint density at radius 1 is 1.05 bits per heavy atom. The predicted molar refractivity (Wildman–Crippen MR) is 79.1 cm³/mol. The number of aromatic amines is 1. The molecule has 2 aromatic rings. The van der Waals surface area contributed by atoms with Crippen LogP contribution in [0.2, 0.25) is 0 Å². The Balaban J connectivity index is 1.80. The number of H-pyrrole nitrogens is 1. The minimum Gasteiger partial charge on any atom is -0.307 e. The molecule has 0 atom stereocenters. The molecule has 0 aliphatic carbocycles. The molecule has 0 bridgehead atoms. The average molecular weight is 273 g/mol. The van der Waals surface area contributed by atoms with Gasteiger partial charge in [-0.3, -0.25) is 9.36 Å². The van der Waals surface area contributed by atoms with E-state index < -0.39 is 0 Å². The lowest BCUT2D eigenvalue weighted by atomic mass is 10.2. The van der Waals surface area contributed by atoms with Crippen molar-refractivity contribution in [2.75, 3.05) is 19.6 Å². The number of hydrogen-bond acceptors (Lipinski definition) is 3. The number of fused-ring (bicyclic) bond motifs is 1. The summed E-state index contributed by atoms with van der Waals surface area (Å²) < 4.78 is 1.32. The van der Waals surface area contributed by atoms with Gasteiger partial charge >= 0.3 is 5.69 Å². The van der Waals surface area contributed by atoms with Crippen molar-refractivity contribution < 1.29 is 0 Å². The fraction of sp³-hybridized carbons (Fsp3) is 0.467. The van der Waals surface area contributed by atoms with Crippen LogP contribution in [-0.2, 0) is 6.54 Å². The van der Waals surface area contributed by atoms with Crippen LogP contribution in [0.15, 0.2) is 33.9 Å². The minimum absolute atomic E-state index is 0.189. The van der Waals surface area contributed by atoms with Gasteiger partial charge < -0.3 is 9.88 Å². The van der Waals surface area contributed by atoms with Crippen LogP contribution in [0, 0.1) is 0 Å². The molecule has 3 rings (SSSR count). The third-order valence-corrected chi connectivity index (χ3v) is 3.94. The molecule has 1 saturated heterocycles. The molecule has 2 heterocycles. The van der Waals surface area contributed by atoms with Gasteiger partial charge in [0.1, 0.15) is 0 Å². The summed E-state index contributed by atoms with van der Waals surface area (Å²) in [5.74, 6) is 0. The van der Waals surface area contributed by atoms with Crippen LogP contribution in [0.25, 0.3) is 10.9 Å². The van der Waals surface area contributed by atoms with E-state index in [1.165, 1.54) is 17.4 Å². The van der Waals surface area contributed by atoms with Crippen LogP contribution < -0.4 is 11.2 Å². The fourth-order valence-corrected chi connectivity index (χ4v) is 2.86. The summed E-state index contributed by atoms with van der Waals surface area (Å²) in [5.41, 5.74) is 0.110. The molecule has 0 unspecified atom stereocenters. The zero-order valence-corrected chi connectivity index (χ0v) is 11.5. The molecular formula is C15H19N3O2. The van der Waals surface area contributed by atoms with Gasteiger partial charge in [0.25, 0.3) is 5.56 Å². The highest BCUT2D eigenvalue weighted by Gasteiger charge is 2.11. The largest absolute Gasteiger partial charge is 0.328 e. The normalized spacial score (nSPS) is 16.0. The maximum Gasteiger partial charge on any atom is 0.328 e. The van der Waals surface area contributed by atoms with Gasteiger partial charge in [0, 0.05) is 6.54 Å². The van der Waals surface area contributed by atoms with Crippen LogP contribution in [0.5, 0.6) is 0 Å². The minimum atomic E-state index is -0.310. The summed E-state index contributed by atoms with van der Waals surface area (Å²) in [6.45, 7) is 3.72. The van der Waals surface area contributed by atoms with Gasteiger partial charge in [-0.25, -0.2) is 4.79 Å². The van der Waals surface area contributed by atoms with E-state index in [-0.39, 0.29) is 11.2 Å². The molecule has 0 radical (unpaired) electrons. The molecule has 106 valence electrons. The average Bonchev–Trinajstić information content (AvgIpc) is 2.96. The Hall–Kier alpha value is -1.88. The molecule has 20 heavy (non-hydrogen) atoms. The second kappa shape index (κ2) is 5.63. The first-order valence-corrected chi connectivity index (χ1v) is 7.20. The second-order valence-electron chi connectivity index (χ2n) is 5.33. The zero-order valence-electron chi connectivity index (χ0n) is 11.5.